The van der Waals surface area contributed by atoms with E-state index in [1.807, 2.05) is 64.1 Å². The fourth-order valence-electron chi connectivity index (χ4n) is 4.43. The zero-order valence-corrected chi connectivity index (χ0v) is 26.4. The van der Waals surface area contributed by atoms with Gasteiger partial charge in [0.15, 0.2) is 0 Å². The Morgan fingerprint density at radius 3 is 2.10 bits per heavy atom. The van der Waals surface area contributed by atoms with Crippen LogP contribution in [0.1, 0.15) is 36.1 Å². The normalized spacial score (nSPS) is 12.2. The molecule has 0 aliphatic carbocycles. The van der Waals surface area contributed by atoms with Gasteiger partial charge in [0.1, 0.15) is 12.6 Å². The lowest BCUT2D eigenvalue weighted by molar-refractivity contribution is -0.140. The Morgan fingerprint density at radius 2 is 1.51 bits per heavy atom. The quantitative estimate of drug-likeness (QED) is 0.279. The van der Waals surface area contributed by atoms with Crippen molar-refractivity contribution in [1.82, 2.24) is 10.2 Å². The number of halogens is 2. The molecule has 0 spiro atoms. The van der Waals surface area contributed by atoms with Crippen LogP contribution in [0.15, 0.2) is 66.7 Å². The molecule has 0 bridgehead atoms. The van der Waals surface area contributed by atoms with Gasteiger partial charge in [-0.2, -0.15) is 0 Å². The molecule has 3 aromatic rings. The van der Waals surface area contributed by atoms with Crippen molar-refractivity contribution in [3.05, 3.63) is 99.0 Å². The molecule has 1 N–H and O–H groups in total. The van der Waals surface area contributed by atoms with Gasteiger partial charge < -0.3 is 10.2 Å². The van der Waals surface area contributed by atoms with Gasteiger partial charge in [-0.1, -0.05) is 85.6 Å². The van der Waals surface area contributed by atoms with Crippen LogP contribution in [0.25, 0.3) is 0 Å². The first-order valence-electron chi connectivity index (χ1n) is 13.4. The molecule has 41 heavy (non-hydrogen) atoms. The van der Waals surface area contributed by atoms with Gasteiger partial charge in [0.05, 0.1) is 11.9 Å². The van der Waals surface area contributed by atoms with Crippen molar-refractivity contribution in [1.29, 1.82) is 0 Å². The summed E-state index contributed by atoms with van der Waals surface area (Å²) in [5, 5.41) is 3.63. The Kier molecular flexibility index (Phi) is 11.2. The lowest BCUT2D eigenvalue weighted by Crippen LogP contribution is -2.53. The van der Waals surface area contributed by atoms with Crippen LogP contribution in [0.5, 0.6) is 0 Å². The largest absolute Gasteiger partial charge is 0.354 e. The summed E-state index contributed by atoms with van der Waals surface area (Å²) in [4.78, 5) is 29.3. The first kappa shape index (κ1) is 32.4. The number of hydrogen-bond donors (Lipinski definition) is 1. The molecule has 0 unspecified atom stereocenters. The number of nitrogens with zero attached hydrogens (tertiary/aromatic N) is 2. The number of anilines is 1. The Labute approximate surface area is 253 Å². The highest BCUT2D eigenvalue weighted by molar-refractivity contribution is 7.92. The molecule has 3 rings (SSSR count). The van der Waals surface area contributed by atoms with E-state index in [0.717, 1.165) is 27.3 Å². The van der Waals surface area contributed by atoms with E-state index in [4.69, 9.17) is 23.2 Å². The van der Waals surface area contributed by atoms with E-state index in [9.17, 15) is 18.0 Å². The van der Waals surface area contributed by atoms with Crippen LogP contribution in [0.3, 0.4) is 0 Å². The maximum absolute atomic E-state index is 14.2. The lowest BCUT2D eigenvalue weighted by atomic mass is 10.0. The van der Waals surface area contributed by atoms with Crippen LogP contribution in [-0.4, -0.2) is 50.5 Å². The first-order chi connectivity index (χ1) is 19.3. The van der Waals surface area contributed by atoms with Gasteiger partial charge in [-0.25, -0.2) is 8.42 Å². The van der Waals surface area contributed by atoms with E-state index >= 15 is 0 Å². The van der Waals surface area contributed by atoms with Crippen molar-refractivity contribution >= 4 is 50.7 Å². The Bertz CT molecular complexity index is 1460. The van der Waals surface area contributed by atoms with Gasteiger partial charge in [0.25, 0.3) is 0 Å². The number of nitrogens with one attached hydrogen (secondary N) is 1. The van der Waals surface area contributed by atoms with Gasteiger partial charge in [-0.15, -0.1) is 0 Å². The average molecular weight is 619 g/mol. The molecule has 7 nitrogen and oxygen atoms in total. The molecule has 0 fully saturated rings. The van der Waals surface area contributed by atoms with Gasteiger partial charge >= 0.3 is 0 Å². The Balaban J connectivity index is 2.12. The molecular formula is C31H37Cl2N3O4S. The molecule has 1 atom stereocenters. The van der Waals surface area contributed by atoms with E-state index in [1.165, 1.54) is 4.90 Å². The molecule has 0 aromatic heterocycles. The van der Waals surface area contributed by atoms with Crippen LogP contribution in [0.2, 0.25) is 10.0 Å². The number of carbonyl (C=O) groups excluding carboxylic acids is 2. The smallest absolute Gasteiger partial charge is 0.244 e. The maximum atomic E-state index is 14.2. The third-order valence-electron chi connectivity index (χ3n) is 6.87. The molecule has 0 saturated carbocycles. The summed E-state index contributed by atoms with van der Waals surface area (Å²) in [5.74, 6) is -0.729. The topological polar surface area (TPSA) is 86.8 Å². The number of amides is 2. The zero-order chi connectivity index (χ0) is 30.3. The number of benzene rings is 3. The third kappa shape index (κ3) is 8.71. The Morgan fingerprint density at radius 1 is 0.902 bits per heavy atom. The fourth-order valence-corrected chi connectivity index (χ4v) is 5.85. The van der Waals surface area contributed by atoms with Gasteiger partial charge in [0, 0.05) is 35.1 Å². The van der Waals surface area contributed by atoms with Crippen LogP contribution in [0, 0.1) is 19.8 Å². The van der Waals surface area contributed by atoms with Gasteiger partial charge in [-0.05, 0) is 54.7 Å². The van der Waals surface area contributed by atoms with E-state index in [-0.39, 0.29) is 24.8 Å². The predicted octanol–water partition coefficient (Wildman–Crippen LogP) is 5.79. The van der Waals surface area contributed by atoms with Crippen LogP contribution in [-0.2, 0) is 32.6 Å². The predicted molar refractivity (Wildman–Crippen MR) is 167 cm³/mol. The molecule has 0 aliphatic rings. The summed E-state index contributed by atoms with van der Waals surface area (Å²) in [6.07, 6.45) is 1.27. The molecule has 220 valence electrons. The molecule has 3 aromatic carbocycles. The summed E-state index contributed by atoms with van der Waals surface area (Å²) < 4.78 is 27.1. The molecule has 10 heteroatoms. The second-order valence-corrected chi connectivity index (χ2v) is 13.3. The molecule has 0 radical (unpaired) electrons. The highest BCUT2D eigenvalue weighted by Crippen LogP contribution is 2.29. The number of aryl methyl sites for hydroxylation is 1. The van der Waals surface area contributed by atoms with Crippen LogP contribution < -0.4 is 9.62 Å². The minimum atomic E-state index is -3.87. The summed E-state index contributed by atoms with van der Waals surface area (Å²) >= 11 is 13.0. The second kappa shape index (κ2) is 14.2. The van der Waals surface area contributed by atoms with Gasteiger partial charge in [-0.3, -0.25) is 13.9 Å². The minimum absolute atomic E-state index is 0.0889. The minimum Gasteiger partial charge on any atom is -0.354 e. The van der Waals surface area contributed by atoms with Crippen molar-refractivity contribution in [3.63, 3.8) is 0 Å². The highest BCUT2D eigenvalue weighted by atomic mass is 35.5. The molecule has 2 amide bonds. The average Bonchev–Trinajstić information content (AvgIpc) is 2.91. The van der Waals surface area contributed by atoms with Crippen molar-refractivity contribution in [3.8, 4) is 0 Å². The number of carbonyl (C=O) groups is 2. The van der Waals surface area contributed by atoms with Crippen LogP contribution >= 0.6 is 23.2 Å². The standard InChI is InChI=1S/C31H37Cl2N3O4S/c1-21(2)18-34-31(38)29(17-24-12-7-6-8-13-24)35(19-25-26(32)14-10-15-27(25)33)30(37)20-36(41(5,39)40)28-16-9-11-22(3)23(28)4/h6-16,21,29H,17-20H2,1-5H3,(H,34,38)/t29-/m0/s1. The van der Waals surface area contributed by atoms with Crippen molar-refractivity contribution < 1.29 is 18.0 Å². The summed E-state index contributed by atoms with van der Waals surface area (Å²) in [5.41, 5.74) is 3.34. The van der Waals surface area contributed by atoms with Crippen molar-refractivity contribution in [2.24, 2.45) is 5.92 Å². The SMILES string of the molecule is Cc1cccc(N(CC(=O)N(Cc2c(Cl)cccc2Cl)[C@@H](Cc2ccccc2)C(=O)NCC(C)C)S(C)(=O)=O)c1C. The zero-order valence-electron chi connectivity index (χ0n) is 24.0. The van der Waals surface area contributed by atoms with E-state index in [0.29, 0.717) is 27.8 Å². The van der Waals surface area contributed by atoms with E-state index in [2.05, 4.69) is 5.32 Å². The van der Waals surface area contributed by atoms with E-state index < -0.39 is 28.5 Å². The molecule has 0 heterocycles. The maximum Gasteiger partial charge on any atom is 0.244 e. The third-order valence-corrected chi connectivity index (χ3v) is 8.70. The van der Waals surface area contributed by atoms with Crippen molar-refractivity contribution in [2.45, 2.75) is 46.7 Å². The second-order valence-electron chi connectivity index (χ2n) is 10.6. The van der Waals surface area contributed by atoms with Crippen molar-refractivity contribution in [2.75, 3.05) is 23.7 Å². The highest BCUT2D eigenvalue weighted by Gasteiger charge is 2.34. The number of hydrogen-bond acceptors (Lipinski definition) is 4. The molecule has 0 saturated heterocycles. The van der Waals surface area contributed by atoms with Gasteiger partial charge in [0.2, 0.25) is 21.8 Å². The number of sulfonamides is 1. The van der Waals surface area contributed by atoms with Crippen LogP contribution in [0.4, 0.5) is 5.69 Å². The first-order valence-corrected chi connectivity index (χ1v) is 16.0. The lowest BCUT2D eigenvalue weighted by Gasteiger charge is -2.34. The molecular weight excluding hydrogens is 581 g/mol. The Hall–Kier alpha value is -3.07. The number of rotatable bonds is 12. The fraction of sp³-hybridized carbons (Fsp3) is 0.355. The summed E-state index contributed by atoms with van der Waals surface area (Å²) in [7, 11) is -3.87. The monoisotopic (exact) mass is 617 g/mol. The van der Waals surface area contributed by atoms with E-state index in [1.54, 1.807) is 30.3 Å². The molecule has 0 aliphatic heterocycles. The summed E-state index contributed by atoms with van der Waals surface area (Å²) in [6, 6.07) is 18.7. The summed E-state index contributed by atoms with van der Waals surface area (Å²) in [6.45, 7) is 7.47.